The molecule has 26 heavy (non-hydrogen) atoms. The van der Waals surface area contributed by atoms with E-state index in [0.717, 1.165) is 23.3 Å². The molecule has 1 N–H and O–H groups in total. The Morgan fingerprint density at radius 2 is 2.19 bits per heavy atom. The topological polar surface area (TPSA) is 47.6 Å². The maximum absolute atomic E-state index is 13.5. The monoisotopic (exact) mass is 379 g/mol. The van der Waals surface area contributed by atoms with E-state index in [-0.39, 0.29) is 12.5 Å². The summed E-state index contributed by atoms with van der Waals surface area (Å²) in [6.45, 7) is 1.36. The van der Waals surface area contributed by atoms with E-state index in [1.807, 2.05) is 0 Å². The highest BCUT2D eigenvalue weighted by Crippen LogP contribution is 2.36. The van der Waals surface area contributed by atoms with Gasteiger partial charge < -0.3 is 14.8 Å². The smallest absolute Gasteiger partial charge is 0.340 e. The highest BCUT2D eigenvalue weighted by Gasteiger charge is 2.22. The van der Waals surface area contributed by atoms with Gasteiger partial charge in [-0.1, -0.05) is 11.8 Å². The fraction of sp³-hybridized carbons (Fsp3) is 0.421. The Morgan fingerprint density at radius 3 is 2.92 bits per heavy atom. The van der Waals surface area contributed by atoms with Crippen molar-refractivity contribution in [1.82, 2.24) is 0 Å². The lowest BCUT2D eigenvalue weighted by Crippen LogP contribution is -2.28. The van der Waals surface area contributed by atoms with Crippen LogP contribution in [0.4, 0.5) is 13.8 Å². The van der Waals surface area contributed by atoms with E-state index in [9.17, 15) is 13.6 Å². The van der Waals surface area contributed by atoms with Gasteiger partial charge in [0.25, 0.3) is 0 Å². The van der Waals surface area contributed by atoms with Gasteiger partial charge in [-0.3, -0.25) is 0 Å². The highest BCUT2D eigenvalue weighted by atomic mass is 32.1. The number of carbonyl (C=O) groups excluding carboxylic acids is 1. The van der Waals surface area contributed by atoms with Crippen LogP contribution in [-0.2, 0) is 9.47 Å². The van der Waals surface area contributed by atoms with Crippen LogP contribution in [0, 0.1) is 11.8 Å². The van der Waals surface area contributed by atoms with Gasteiger partial charge in [-0.15, -0.1) is 11.3 Å². The van der Waals surface area contributed by atoms with Crippen molar-refractivity contribution in [1.29, 1.82) is 0 Å². The Morgan fingerprint density at radius 1 is 1.42 bits per heavy atom. The molecule has 0 amide bonds. The largest absolute Gasteiger partial charge is 0.465 e. The number of allylic oxidation sites excluding steroid dienone is 4. The Hall–Kier alpha value is -2.17. The van der Waals surface area contributed by atoms with Gasteiger partial charge in [0.15, 0.2) is 0 Å². The van der Waals surface area contributed by atoms with Crippen molar-refractivity contribution in [2.45, 2.75) is 31.5 Å². The molecule has 1 aromatic rings. The normalized spacial score (nSPS) is 24.8. The average Bonchev–Trinajstić information content (AvgIpc) is 3.06. The molecule has 2 heterocycles. The fourth-order valence-corrected chi connectivity index (χ4v) is 3.91. The summed E-state index contributed by atoms with van der Waals surface area (Å²) in [7, 11) is 1.33. The molecule has 1 unspecified atom stereocenters. The second-order valence-corrected chi connectivity index (χ2v) is 7.04. The number of ether oxygens (including phenoxy) is 2. The lowest BCUT2D eigenvalue weighted by atomic mass is 10.1. The fourth-order valence-electron chi connectivity index (χ4n) is 2.76. The van der Waals surface area contributed by atoms with Crippen LogP contribution < -0.4 is 5.32 Å². The van der Waals surface area contributed by atoms with Gasteiger partial charge in [0.05, 0.1) is 12.7 Å². The van der Waals surface area contributed by atoms with Gasteiger partial charge in [0, 0.05) is 24.1 Å². The predicted molar refractivity (Wildman–Crippen MR) is 97.6 cm³/mol. The van der Waals surface area contributed by atoms with Crippen LogP contribution in [0.15, 0.2) is 24.0 Å². The van der Waals surface area contributed by atoms with Gasteiger partial charge >= 0.3 is 5.97 Å². The van der Waals surface area contributed by atoms with Crippen molar-refractivity contribution in [3.8, 4) is 11.8 Å². The summed E-state index contributed by atoms with van der Waals surface area (Å²) in [5, 5.41) is 4.10. The van der Waals surface area contributed by atoms with Gasteiger partial charge in [-0.05, 0) is 43.1 Å². The summed E-state index contributed by atoms with van der Waals surface area (Å²) in [6.07, 6.45) is 2.79. The molecular formula is C19H19F2NO3S. The molecular weight excluding hydrogens is 360 g/mol. The molecule has 1 atom stereocenters. The number of anilines is 1. The minimum atomic E-state index is -1.88. The second kappa shape index (κ2) is 8.47. The number of halogens is 2. The lowest BCUT2D eigenvalue weighted by Gasteiger charge is -2.23. The molecule has 3 rings (SSSR count). The van der Waals surface area contributed by atoms with Crippen molar-refractivity contribution in [2.75, 3.05) is 25.6 Å². The number of nitrogens with one attached hydrogen (secondary N) is 1. The SMILES string of the molecule is COC(=O)c1cc(/C2=C/C#CC(F)/C(F)=C\C2)sc1NC1CCOCC1. The molecule has 1 fully saturated rings. The van der Waals surface area contributed by atoms with Crippen LogP contribution in [0.5, 0.6) is 0 Å². The van der Waals surface area contributed by atoms with E-state index in [1.165, 1.54) is 24.5 Å². The van der Waals surface area contributed by atoms with E-state index in [4.69, 9.17) is 9.47 Å². The molecule has 1 aliphatic carbocycles. The van der Waals surface area contributed by atoms with Crippen LogP contribution >= 0.6 is 11.3 Å². The second-order valence-electron chi connectivity index (χ2n) is 5.99. The molecule has 7 heteroatoms. The number of esters is 1. The minimum Gasteiger partial charge on any atom is -0.465 e. The number of carbonyl (C=O) groups is 1. The molecule has 0 radical (unpaired) electrons. The van der Waals surface area contributed by atoms with Crippen LogP contribution in [0.1, 0.15) is 34.5 Å². The van der Waals surface area contributed by atoms with E-state index in [1.54, 1.807) is 12.1 Å². The number of thiophene rings is 1. The quantitative estimate of drug-likeness (QED) is 0.632. The number of alkyl halides is 1. The lowest BCUT2D eigenvalue weighted by molar-refractivity contribution is 0.0602. The molecule has 0 saturated carbocycles. The van der Waals surface area contributed by atoms with E-state index >= 15 is 0 Å². The summed E-state index contributed by atoms with van der Waals surface area (Å²) in [4.78, 5) is 12.9. The number of hydrogen-bond acceptors (Lipinski definition) is 5. The molecule has 138 valence electrons. The Bertz CT molecular complexity index is 797. The van der Waals surface area contributed by atoms with E-state index < -0.39 is 18.0 Å². The van der Waals surface area contributed by atoms with Crippen molar-refractivity contribution >= 4 is 27.9 Å². The molecule has 1 aromatic heterocycles. The van der Waals surface area contributed by atoms with Gasteiger partial charge in [-0.2, -0.15) is 0 Å². The molecule has 2 aliphatic rings. The molecule has 4 nitrogen and oxygen atoms in total. The Kier molecular flexibility index (Phi) is 6.07. The first kappa shape index (κ1) is 18.6. The summed E-state index contributed by atoms with van der Waals surface area (Å²) < 4.78 is 37.1. The van der Waals surface area contributed by atoms with Crippen molar-refractivity contribution in [3.63, 3.8) is 0 Å². The number of hydrogen-bond donors (Lipinski definition) is 1. The van der Waals surface area contributed by atoms with E-state index in [2.05, 4.69) is 17.2 Å². The van der Waals surface area contributed by atoms with E-state index in [0.29, 0.717) is 23.8 Å². The first-order valence-corrected chi connectivity index (χ1v) is 9.16. The zero-order chi connectivity index (χ0) is 18.5. The summed E-state index contributed by atoms with van der Waals surface area (Å²) in [5.41, 5.74) is 1.16. The van der Waals surface area contributed by atoms with Crippen LogP contribution in [0.25, 0.3) is 5.57 Å². The third-order valence-electron chi connectivity index (χ3n) is 4.23. The first-order chi connectivity index (χ1) is 12.6. The highest BCUT2D eigenvalue weighted by molar-refractivity contribution is 7.17. The summed E-state index contributed by atoms with van der Waals surface area (Å²) in [5.74, 6) is 3.44. The Labute approximate surface area is 154 Å². The third-order valence-corrected chi connectivity index (χ3v) is 5.37. The van der Waals surface area contributed by atoms with Gasteiger partial charge in [0.1, 0.15) is 10.8 Å². The average molecular weight is 379 g/mol. The maximum Gasteiger partial charge on any atom is 0.340 e. The molecule has 0 spiro atoms. The van der Waals surface area contributed by atoms with Gasteiger partial charge in [-0.25, -0.2) is 13.6 Å². The third kappa shape index (κ3) is 4.32. The Balaban J connectivity index is 1.90. The zero-order valence-corrected chi connectivity index (χ0v) is 15.1. The first-order valence-electron chi connectivity index (χ1n) is 8.35. The summed E-state index contributed by atoms with van der Waals surface area (Å²) in [6, 6.07) is 1.93. The van der Waals surface area contributed by atoms with Crippen LogP contribution in [0.3, 0.4) is 0 Å². The van der Waals surface area contributed by atoms with Crippen molar-refractivity contribution in [2.24, 2.45) is 0 Å². The molecule has 0 aromatic carbocycles. The van der Waals surface area contributed by atoms with Crippen LogP contribution in [-0.4, -0.2) is 38.5 Å². The van der Waals surface area contributed by atoms with Crippen LogP contribution in [0.2, 0.25) is 0 Å². The zero-order valence-electron chi connectivity index (χ0n) is 14.3. The molecule has 0 bridgehead atoms. The minimum absolute atomic E-state index is 0.207. The number of methoxy groups -OCH3 is 1. The standard InChI is InChI=1S/C19H19F2NO3S/c1-24-19(23)14-11-17(12-3-2-4-15(20)16(21)6-5-12)26-18(14)22-13-7-9-25-10-8-13/h3,6,11,13,15,22H,5,7-10H2,1H3/b12-3+,16-6+. The summed E-state index contributed by atoms with van der Waals surface area (Å²) >= 11 is 1.39. The van der Waals surface area contributed by atoms with Crippen molar-refractivity contribution in [3.05, 3.63) is 34.5 Å². The molecule has 1 aliphatic heterocycles. The number of rotatable bonds is 4. The predicted octanol–water partition coefficient (Wildman–Crippen LogP) is 4.11. The van der Waals surface area contributed by atoms with Crippen molar-refractivity contribution < 1.29 is 23.0 Å². The van der Waals surface area contributed by atoms with Gasteiger partial charge in [0.2, 0.25) is 6.17 Å². The molecule has 1 saturated heterocycles. The maximum atomic E-state index is 13.5.